The minimum Gasteiger partial charge on any atom is -0.507 e. The van der Waals surface area contributed by atoms with Crippen LogP contribution >= 0.6 is 11.6 Å². The van der Waals surface area contributed by atoms with E-state index in [0.29, 0.717) is 53.0 Å². The van der Waals surface area contributed by atoms with Crippen molar-refractivity contribution in [3.63, 3.8) is 0 Å². The number of rotatable bonds is 2. The number of benzene rings is 1. The summed E-state index contributed by atoms with van der Waals surface area (Å²) in [4.78, 5) is 25.5. The van der Waals surface area contributed by atoms with Crippen LogP contribution in [-0.4, -0.2) is 26.6 Å². The summed E-state index contributed by atoms with van der Waals surface area (Å²) < 4.78 is 5.91. The van der Waals surface area contributed by atoms with Gasteiger partial charge in [-0.3, -0.25) is 4.79 Å². The smallest absolute Gasteiger partial charge is 0.300 e. The minimum absolute atomic E-state index is 0.0761. The molecule has 2 N–H and O–H groups in total. The van der Waals surface area contributed by atoms with E-state index in [1.807, 2.05) is 17.9 Å². The van der Waals surface area contributed by atoms with Crippen molar-refractivity contribution in [2.45, 2.75) is 19.9 Å². The Morgan fingerprint density at radius 3 is 2.90 bits per heavy atom. The number of aromatic hydroxyl groups is 1. The number of anilines is 1. The third-order valence-corrected chi connectivity index (χ3v) is 5.36. The first-order chi connectivity index (χ1) is 14.0. The van der Waals surface area contributed by atoms with E-state index in [1.165, 1.54) is 12.1 Å². The highest BCUT2D eigenvalue weighted by Crippen LogP contribution is 2.35. The number of phenolic OH excluding ortho intramolecular Hbond substituents is 1. The van der Waals surface area contributed by atoms with Crippen molar-refractivity contribution < 1.29 is 9.52 Å². The Bertz CT molecular complexity index is 1290. The maximum absolute atomic E-state index is 11.5. The van der Waals surface area contributed by atoms with Crippen molar-refractivity contribution >= 4 is 28.8 Å². The molecule has 0 unspecified atom stereocenters. The topological polar surface area (TPSA) is 95.2 Å². The first kappa shape index (κ1) is 17.8. The third kappa shape index (κ3) is 3.13. The molecule has 5 rings (SSSR count). The average Bonchev–Trinajstić information content (AvgIpc) is 3.10. The molecule has 1 aromatic carbocycles. The lowest BCUT2D eigenvalue weighted by Gasteiger charge is -2.26. The molecule has 3 aromatic heterocycles. The molecule has 1 aliphatic rings. The number of oxazole rings is 1. The first-order valence-electron chi connectivity index (χ1n) is 9.21. The standard InChI is InChI=1S/C21H17ClN4O3/c1-11-8-13(22)9-16(27)19(11)15-3-4-17-20(24-15)25-21(29-17)26-7-6-14-12(10-26)2-5-18(28)23-14/h2-5,8-9,27H,6-7,10H2,1H3,(H,23,28). The van der Waals surface area contributed by atoms with E-state index in [0.717, 1.165) is 16.8 Å². The van der Waals surface area contributed by atoms with E-state index in [1.54, 1.807) is 18.2 Å². The molecule has 8 heteroatoms. The molecule has 146 valence electrons. The fraction of sp³-hybridized carbons (Fsp3) is 0.190. The Balaban J connectivity index is 1.51. The van der Waals surface area contributed by atoms with Crippen LogP contribution in [0.3, 0.4) is 0 Å². The van der Waals surface area contributed by atoms with Gasteiger partial charge in [0.2, 0.25) is 11.2 Å². The number of aromatic amines is 1. The largest absolute Gasteiger partial charge is 0.507 e. The summed E-state index contributed by atoms with van der Waals surface area (Å²) >= 11 is 6.01. The van der Waals surface area contributed by atoms with Crippen LogP contribution in [0.25, 0.3) is 22.5 Å². The second-order valence-electron chi connectivity index (χ2n) is 7.13. The molecule has 29 heavy (non-hydrogen) atoms. The van der Waals surface area contributed by atoms with E-state index < -0.39 is 0 Å². The van der Waals surface area contributed by atoms with Crippen LogP contribution in [0.5, 0.6) is 5.75 Å². The van der Waals surface area contributed by atoms with E-state index in [4.69, 9.17) is 16.0 Å². The lowest BCUT2D eigenvalue weighted by molar-refractivity contribution is 0.477. The maximum Gasteiger partial charge on any atom is 0.300 e. The van der Waals surface area contributed by atoms with Crippen molar-refractivity contribution in [2.75, 3.05) is 11.4 Å². The molecule has 0 atom stereocenters. The molecule has 0 bridgehead atoms. The molecule has 0 amide bonds. The lowest BCUT2D eigenvalue weighted by Crippen LogP contribution is -2.32. The number of nitrogens with one attached hydrogen (secondary N) is 1. The summed E-state index contributed by atoms with van der Waals surface area (Å²) in [5.74, 6) is 0.0761. The number of phenols is 1. The Morgan fingerprint density at radius 2 is 2.07 bits per heavy atom. The van der Waals surface area contributed by atoms with Gasteiger partial charge in [-0.25, -0.2) is 4.98 Å². The van der Waals surface area contributed by atoms with Crippen molar-refractivity contribution in [3.8, 4) is 17.0 Å². The number of aromatic nitrogens is 3. The van der Waals surface area contributed by atoms with Crippen LogP contribution in [0.15, 0.2) is 45.6 Å². The summed E-state index contributed by atoms with van der Waals surface area (Å²) in [7, 11) is 0. The maximum atomic E-state index is 11.5. The van der Waals surface area contributed by atoms with E-state index in [-0.39, 0.29) is 11.3 Å². The number of hydrogen-bond acceptors (Lipinski definition) is 6. The predicted molar refractivity (Wildman–Crippen MR) is 110 cm³/mol. The summed E-state index contributed by atoms with van der Waals surface area (Å²) in [5, 5.41) is 10.8. The van der Waals surface area contributed by atoms with Crippen LogP contribution < -0.4 is 10.5 Å². The summed E-state index contributed by atoms with van der Waals surface area (Å²) in [6.45, 7) is 3.16. The van der Waals surface area contributed by atoms with Gasteiger partial charge in [-0.1, -0.05) is 17.7 Å². The van der Waals surface area contributed by atoms with Crippen LogP contribution in [0.1, 0.15) is 16.8 Å². The molecule has 0 spiro atoms. The molecule has 1 aliphatic heterocycles. The lowest BCUT2D eigenvalue weighted by atomic mass is 10.0. The Kier molecular flexibility index (Phi) is 4.06. The zero-order valence-corrected chi connectivity index (χ0v) is 16.3. The second kappa shape index (κ2) is 6.63. The monoisotopic (exact) mass is 408 g/mol. The van der Waals surface area contributed by atoms with Gasteiger partial charge in [0.1, 0.15) is 5.75 Å². The Labute approximate surface area is 170 Å². The van der Waals surface area contributed by atoms with Crippen LogP contribution in [-0.2, 0) is 13.0 Å². The molecule has 0 saturated heterocycles. The van der Waals surface area contributed by atoms with Crippen LogP contribution in [0.2, 0.25) is 5.02 Å². The van der Waals surface area contributed by atoms with E-state index in [9.17, 15) is 9.90 Å². The van der Waals surface area contributed by atoms with Gasteiger partial charge in [-0.05, 0) is 42.3 Å². The molecule has 4 heterocycles. The highest BCUT2D eigenvalue weighted by molar-refractivity contribution is 6.31. The van der Waals surface area contributed by atoms with Gasteiger partial charge >= 0.3 is 0 Å². The number of H-pyrrole nitrogens is 1. The molecular formula is C21H17ClN4O3. The summed E-state index contributed by atoms with van der Waals surface area (Å²) in [6, 6.07) is 10.7. The zero-order valence-electron chi connectivity index (χ0n) is 15.6. The van der Waals surface area contributed by atoms with Gasteiger partial charge in [0.15, 0.2) is 5.58 Å². The van der Waals surface area contributed by atoms with Gasteiger partial charge in [0.05, 0.1) is 5.69 Å². The van der Waals surface area contributed by atoms with Crippen molar-refractivity contribution in [1.29, 1.82) is 0 Å². The van der Waals surface area contributed by atoms with Crippen molar-refractivity contribution in [1.82, 2.24) is 15.0 Å². The first-order valence-corrected chi connectivity index (χ1v) is 9.59. The minimum atomic E-state index is -0.0865. The number of nitrogens with zero attached hydrogens (tertiary/aromatic N) is 3. The van der Waals surface area contributed by atoms with Crippen LogP contribution in [0, 0.1) is 6.92 Å². The summed E-state index contributed by atoms with van der Waals surface area (Å²) in [5.41, 5.74) is 5.01. The molecular weight excluding hydrogens is 392 g/mol. The van der Waals surface area contributed by atoms with E-state index >= 15 is 0 Å². The molecule has 4 aromatic rings. The van der Waals surface area contributed by atoms with Crippen LogP contribution in [0.4, 0.5) is 6.01 Å². The highest BCUT2D eigenvalue weighted by atomic mass is 35.5. The number of fused-ring (bicyclic) bond motifs is 2. The highest BCUT2D eigenvalue weighted by Gasteiger charge is 2.22. The van der Waals surface area contributed by atoms with E-state index in [2.05, 4.69) is 15.0 Å². The van der Waals surface area contributed by atoms with Gasteiger partial charge in [0.25, 0.3) is 6.01 Å². The molecule has 0 radical (unpaired) electrons. The van der Waals surface area contributed by atoms with Gasteiger partial charge in [0, 0.05) is 41.9 Å². The number of halogens is 1. The molecule has 0 saturated carbocycles. The fourth-order valence-corrected chi connectivity index (χ4v) is 4.02. The van der Waals surface area contributed by atoms with Crippen molar-refractivity contribution in [3.05, 3.63) is 68.6 Å². The fourth-order valence-electron chi connectivity index (χ4n) is 3.75. The number of hydrogen-bond donors (Lipinski definition) is 2. The molecule has 7 nitrogen and oxygen atoms in total. The van der Waals surface area contributed by atoms with Gasteiger partial charge in [-0.15, -0.1) is 0 Å². The Morgan fingerprint density at radius 1 is 1.21 bits per heavy atom. The van der Waals surface area contributed by atoms with Crippen molar-refractivity contribution in [2.24, 2.45) is 0 Å². The second-order valence-corrected chi connectivity index (χ2v) is 7.57. The van der Waals surface area contributed by atoms with Gasteiger partial charge < -0.3 is 19.4 Å². The SMILES string of the molecule is Cc1cc(Cl)cc(O)c1-c1ccc2oc(N3CCc4[nH]c(=O)ccc4C3)nc2n1. The predicted octanol–water partition coefficient (Wildman–Crippen LogP) is 3.81. The number of aryl methyl sites for hydroxylation is 1. The average molecular weight is 409 g/mol. The Hall–Kier alpha value is -3.32. The number of pyridine rings is 2. The van der Waals surface area contributed by atoms with Gasteiger partial charge in [-0.2, -0.15) is 4.98 Å². The molecule has 0 fully saturated rings. The summed E-state index contributed by atoms with van der Waals surface area (Å²) in [6.07, 6.45) is 0.709. The normalized spacial score (nSPS) is 13.7. The third-order valence-electron chi connectivity index (χ3n) is 5.14. The zero-order chi connectivity index (χ0) is 20.1. The molecule has 0 aliphatic carbocycles. The quantitative estimate of drug-likeness (QED) is 0.523.